The summed E-state index contributed by atoms with van der Waals surface area (Å²) in [6, 6.07) is 13.0. The smallest absolute Gasteiger partial charge is 0.291 e. The highest BCUT2D eigenvalue weighted by Crippen LogP contribution is 2.54. The summed E-state index contributed by atoms with van der Waals surface area (Å²) in [6.45, 7) is 8.03. The van der Waals surface area contributed by atoms with Gasteiger partial charge in [-0.25, -0.2) is 4.67 Å². The van der Waals surface area contributed by atoms with E-state index in [1.807, 2.05) is 23.9 Å². The van der Waals surface area contributed by atoms with Gasteiger partial charge in [0, 0.05) is 55.1 Å². The number of fused-ring (bicyclic) bond motifs is 1. The van der Waals surface area contributed by atoms with Crippen LogP contribution in [0.25, 0.3) is 0 Å². The maximum atomic E-state index is 15.3. The molecule has 3 heterocycles. The van der Waals surface area contributed by atoms with Crippen molar-refractivity contribution in [2.24, 2.45) is 0 Å². The second-order valence-electron chi connectivity index (χ2n) is 10.4. The molecule has 0 bridgehead atoms. The van der Waals surface area contributed by atoms with E-state index in [0.717, 1.165) is 11.3 Å². The molecular weight excluding hydrogens is 521 g/mol. The van der Waals surface area contributed by atoms with Gasteiger partial charge in [0.1, 0.15) is 0 Å². The summed E-state index contributed by atoms with van der Waals surface area (Å²) in [7, 11) is -1.63. The summed E-state index contributed by atoms with van der Waals surface area (Å²) in [5, 5.41) is 17.8. The van der Waals surface area contributed by atoms with Crippen LogP contribution in [0.3, 0.4) is 0 Å². The van der Waals surface area contributed by atoms with Gasteiger partial charge in [-0.15, -0.1) is 0 Å². The van der Waals surface area contributed by atoms with Crippen LogP contribution in [0.1, 0.15) is 36.9 Å². The molecule has 206 valence electrons. The molecule has 12 heteroatoms. The van der Waals surface area contributed by atoms with E-state index in [4.69, 9.17) is 9.15 Å². The molecule has 39 heavy (non-hydrogen) atoms. The van der Waals surface area contributed by atoms with Crippen molar-refractivity contribution < 1.29 is 23.4 Å². The fourth-order valence-corrected chi connectivity index (χ4v) is 7.74. The fraction of sp³-hybridized carbons (Fsp3) is 0.370. The lowest BCUT2D eigenvalue weighted by Crippen LogP contribution is -2.40. The van der Waals surface area contributed by atoms with Gasteiger partial charge in [-0.1, -0.05) is 13.8 Å². The first kappa shape index (κ1) is 26.9. The number of non-ortho nitro benzene ring substituents is 1. The lowest BCUT2D eigenvalue weighted by atomic mass is 9.81. The number of ether oxygens (including phenoxy) is 1. The molecule has 2 aliphatic heterocycles. The normalized spacial score (nSPS) is 20.2. The number of carbonyl (C=O) groups is 1. The van der Waals surface area contributed by atoms with E-state index in [-0.39, 0.29) is 22.9 Å². The number of hydrogen-bond donors (Lipinski definition) is 2. The lowest BCUT2D eigenvalue weighted by molar-refractivity contribution is -0.384. The Morgan fingerprint density at radius 2 is 1.85 bits per heavy atom. The summed E-state index contributed by atoms with van der Waals surface area (Å²) < 4.78 is 28.0. The van der Waals surface area contributed by atoms with Crippen LogP contribution in [0.5, 0.6) is 0 Å². The molecule has 2 aliphatic rings. The van der Waals surface area contributed by atoms with E-state index in [1.165, 1.54) is 18.4 Å². The zero-order chi connectivity index (χ0) is 27.9. The molecule has 1 amide bonds. The molecule has 11 nitrogen and oxygen atoms in total. The molecule has 0 spiro atoms. The predicted octanol–water partition coefficient (Wildman–Crippen LogP) is 4.82. The number of nitro benzene ring substituents is 1. The number of nitrogens with one attached hydrogen (secondary N) is 2. The molecule has 0 unspecified atom stereocenters. The van der Waals surface area contributed by atoms with Crippen molar-refractivity contribution in [3.63, 3.8) is 0 Å². The third-order valence-corrected chi connectivity index (χ3v) is 10.7. The molecular formula is C27H32N5O6P. The minimum atomic E-state index is -3.64. The first-order valence-electron chi connectivity index (χ1n) is 12.7. The number of nitro groups is 1. The van der Waals surface area contributed by atoms with Gasteiger partial charge >= 0.3 is 0 Å². The molecule has 0 saturated carbocycles. The van der Waals surface area contributed by atoms with E-state index < -0.39 is 18.3 Å². The number of likely N-dealkylation sites (N-methyl/N-ethyl adjacent to an activating group) is 1. The number of amides is 1. The Labute approximate surface area is 226 Å². The summed E-state index contributed by atoms with van der Waals surface area (Å²) in [5.74, 6) is -0.328. The summed E-state index contributed by atoms with van der Waals surface area (Å²) >= 11 is 0. The minimum Gasteiger partial charge on any atom is -0.459 e. The monoisotopic (exact) mass is 553 g/mol. The van der Waals surface area contributed by atoms with E-state index in [2.05, 4.69) is 36.1 Å². The fourth-order valence-electron chi connectivity index (χ4n) is 5.20. The minimum absolute atomic E-state index is 0.0653. The van der Waals surface area contributed by atoms with Gasteiger partial charge in [-0.3, -0.25) is 19.5 Å². The van der Waals surface area contributed by atoms with Crippen LogP contribution in [-0.4, -0.2) is 54.9 Å². The highest BCUT2D eigenvalue weighted by molar-refractivity contribution is 7.71. The van der Waals surface area contributed by atoms with Crippen molar-refractivity contribution in [3.05, 3.63) is 76.2 Å². The van der Waals surface area contributed by atoms with Crippen molar-refractivity contribution >= 4 is 41.4 Å². The van der Waals surface area contributed by atoms with Gasteiger partial charge in [0.15, 0.2) is 5.76 Å². The Bertz CT molecular complexity index is 1430. The highest BCUT2D eigenvalue weighted by atomic mass is 31.2. The first-order chi connectivity index (χ1) is 18.5. The lowest BCUT2D eigenvalue weighted by Gasteiger charge is -2.36. The van der Waals surface area contributed by atoms with Crippen LogP contribution < -0.4 is 20.6 Å². The van der Waals surface area contributed by atoms with Gasteiger partial charge < -0.3 is 24.5 Å². The van der Waals surface area contributed by atoms with Crippen molar-refractivity contribution in [2.75, 3.05) is 48.7 Å². The van der Waals surface area contributed by atoms with Crippen molar-refractivity contribution in [2.45, 2.75) is 32.2 Å². The van der Waals surface area contributed by atoms with E-state index in [9.17, 15) is 14.9 Å². The van der Waals surface area contributed by atoms with Crippen LogP contribution in [0.4, 0.5) is 22.7 Å². The first-order valence-corrected chi connectivity index (χ1v) is 14.4. The van der Waals surface area contributed by atoms with Crippen molar-refractivity contribution in [3.8, 4) is 0 Å². The number of furan rings is 1. The molecule has 1 saturated heterocycles. The summed E-state index contributed by atoms with van der Waals surface area (Å²) in [4.78, 5) is 26.0. The molecule has 2 atom stereocenters. The zero-order valence-corrected chi connectivity index (χ0v) is 23.2. The van der Waals surface area contributed by atoms with E-state index >= 15 is 4.57 Å². The molecule has 2 N–H and O–H groups in total. The van der Waals surface area contributed by atoms with Crippen LogP contribution in [-0.2, 0) is 14.7 Å². The summed E-state index contributed by atoms with van der Waals surface area (Å²) in [5.41, 5.74) is 2.49. The molecule has 0 radical (unpaired) electrons. The van der Waals surface area contributed by atoms with Crippen LogP contribution >= 0.6 is 7.44 Å². The quantitative estimate of drug-likeness (QED) is 0.240. The Morgan fingerprint density at radius 1 is 1.15 bits per heavy atom. The zero-order valence-electron chi connectivity index (χ0n) is 22.3. The third kappa shape index (κ3) is 4.82. The Hall–Kier alpha value is -3.66. The second kappa shape index (κ2) is 10.1. The number of carbonyl (C=O) groups excluding carboxylic acids is 1. The average Bonchev–Trinajstić information content (AvgIpc) is 3.52. The average molecular weight is 554 g/mol. The van der Waals surface area contributed by atoms with Crippen LogP contribution in [0.2, 0.25) is 0 Å². The summed E-state index contributed by atoms with van der Waals surface area (Å²) in [6.07, 6.45) is 1.42. The van der Waals surface area contributed by atoms with Crippen molar-refractivity contribution in [1.29, 1.82) is 0 Å². The maximum absolute atomic E-state index is 15.3. The molecule has 5 rings (SSSR count). The SMILES string of the molecule is C[C@@H]1N(C)c2cc(NC(=O)c3ccco3)c([P@@](=O)(Nc3ccc([N+](=O)[O-])cc3)N3CCOCC3)cc2C1(C)C. The van der Waals surface area contributed by atoms with Crippen LogP contribution in [0.15, 0.2) is 59.2 Å². The van der Waals surface area contributed by atoms with Gasteiger partial charge in [-0.05, 0) is 48.9 Å². The van der Waals surface area contributed by atoms with E-state index in [1.54, 1.807) is 24.3 Å². The topological polar surface area (TPSA) is 130 Å². The standard InChI is InChI=1S/C27H32N5O6P/c1-18-27(2,3)21-16-25(22(17-23(21)30(18)4)28-26(33)24-6-5-13-38-24)39(36,31-11-14-37-15-12-31)29-19-7-9-20(10-8-19)32(34)35/h5-10,13,16-18H,11-12,14-15H2,1-4H3,(H,28,33)(H,29,36)/t18-,39+/m0/s1. The molecule has 1 fully saturated rings. The molecule has 1 aromatic heterocycles. The molecule has 0 aliphatic carbocycles. The van der Waals surface area contributed by atoms with Gasteiger partial charge in [0.25, 0.3) is 19.0 Å². The predicted molar refractivity (Wildman–Crippen MR) is 150 cm³/mol. The number of hydrogen-bond acceptors (Lipinski definition) is 7. The van der Waals surface area contributed by atoms with Gasteiger partial charge in [-0.2, -0.15) is 0 Å². The van der Waals surface area contributed by atoms with Crippen molar-refractivity contribution in [1.82, 2.24) is 4.67 Å². The van der Waals surface area contributed by atoms with Gasteiger partial charge in [0.05, 0.1) is 35.4 Å². The number of anilines is 3. The highest BCUT2D eigenvalue weighted by Gasteiger charge is 2.44. The number of nitrogens with zero attached hydrogens (tertiary/aromatic N) is 3. The molecule has 2 aromatic carbocycles. The Balaban J connectivity index is 1.67. The second-order valence-corrected chi connectivity index (χ2v) is 12.8. The number of benzene rings is 2. The number of morpholine rings is 1. The largest absolute Gasteiger partial charge is 0.459 e. The Morgan fingerprint density at radius 3 is 2.46 bits per heavy atom. The van der Waals surface area contributed by atoms with Crippen LogP contribution in [0, 0.1) is 10.1 Å². The third-order valence-electron chi connectivity index (χ3n) is 7.88. The number of rotatable bonds is 7. The molecule has 3 aromatic rings. The van der Waals surface area contributed by atoms with E-state index in [0.29, 0.717) is 43.0 Å². The Kier molecular flexibility index (Phi) is 7.00. The maximum Gasteiger partial charge on any atom is 0.291 e. The van der Waals surface area contributed by atoms with Gasteiger partial charge in [0.2, 0.25) is 0 Å².